The fourth-order valence-electron chi connectivity index (χ4n) is 0.375. The van der Waals surface area contributed by atoms with Crippen LogP contribution in [0.3, 0.4) is 0 Å². The number of hydrogen-bond donors (Lipinski definition) is 1. The maximum atomic E-state index is 10.3. The molecule has 0 aromatic heterocycles. The molecule has 0 bridgehead atoms. The molecule has 0 spiro atoms. The highest BCUT2D eigenvalue weighted by atomic mass is 16.5. The van der Waals surface area contributed by atoms with Crippen LogP contribution in [-0.2, 0) is 4.74 Å². The van der Waals surface area contributed by atoms with Gasteiger partial charge < -0.3 is 10.5 Å². The normalized spacial score (nSPS) is 15.3. The van der Waals surface area contributed by atoms with E-state index >= 15 is 0 Å². The topological polar surface area (TPSA) is 67.9 Å². The molecule has 0 saturated heterocycles. The zero-order chi connectivity index (χ0) is 6.69. The third-order valence-corrected chi connectivity index (χ3v) is 0.739. The molecule has 1 heterocycles. The number of primary amides is 1. The van der Waals surface area contributed by atoms with Gasteiger partial charge >= 0.3 is 6.03 Å². The maximum absolute atomic E-state index is 10.3. The minimum Gasteiger partial charge on any atom is -0.450 e. The van der Waals surface area contributed by atoms with Gasteiger partial charge in [-0.05, 0) is 0 Å². The number of carbonyl (C=O) groups excluding carboxylic acids is 1. The van der Waals surface area contributed by atoms with Crippen molar-refractivity contribution < 1.29 is 9.53 Å². The van der Waals surface area contributed by atoms with Gasteiger partial charge in [0.2, 0.25) is 0 Å². The van der Waals surface area contributed by atoms with Crippen molar-refractivity contribution in [3.63, 3.8) is 0 Å². The van der Waals surface area contributed by atoms with Gasteiger partial charge in [0.1, 0.15) is 6.26 Å². The van der Waals surface area contributed by atoms with Gasteiger partial charge in [0.15, 0.2) is 6.40 Å². The van der Waals surface area contributed by atoms with E-state index in [9.17, 15) is 4.79 Å². The Morgan fingerprint density at radius 2 is 2.56 bits per heavy atom. The van der Waals surface area contributed by atoms with E-state index in [2.05, 4.69) is 9.84 Å². The minimum atomic E-state index is -0.634. The van der Waals surface area contributed by atoms with Crippen LogP contribution in [0.2, 0.25) is 0 Å². The van der Waals surface area contributed by atoms with Crippen LogP contribution in [0.5, 0.6) is 0 Å². The molecule has 2 amide bonds. The van der Waals surface area contributed by atoms with Crippen LogP contribution in [0, 0.1) is 0 Å². The lowest BCUT2D eigenvalue weighted by atomic mass is 10.8. The molecule has 0 radical (unpaired) electrons. The lowest BCUT2D eigenvalue weighted by Gasteiger charge is -2.09. The summed E-state index contributed by atoms with van der Waals surface area (Å²) in [4.78, 5) is 10.3. The monoisotopic (exact) mass is 127 g/mol. The van der Waals surface area contributed by atoms with Gasteiger partial charge in [-0.1, -0.05) is 0 Å². The van der Waals surface area contributed by atoms with Crippen molar-refractivity contribution in [2.75, 3.05) is 0 Å². The highest BCUT2D eigenvalue weighted by molar-refractivity contribution is 5.74. The van der Waals surface area contributed by atoms with Crippen LogP contribution in [-0.4, -0.2) is 17.4 Å². The van der Waals surface area contributed by atoms with E-state index in [4.69, 9.17) is 5.73 Å². The van der Waals surface area contributed by atoms with E-state index in [1.807, 2.05) is 0 Å². The second-order valence-corrected chi connectivity index (χ2v) is 1.32. The minimum absolute atomic E-state index is 0.634. The molecule has 5 nitrogen and oxygen atoms in total. The van der Waals surface area contributed by atoms with Crippen molar-refractivity contribution in [1.82, 2.24) is 5.01 Å². The first kappa shape index (κ1) is 5.61. The van der Waals surface area contributed by atoms with Crippen molar-refractivity contribution in [2.24, 2.45) is 10.8 Å². The molecule has 1 rings (SSSR count). The standard InChI is InChI=1S/C4H5N3O2/c5-4(8)7-1-2-9-3-6-7/h1-3H,(H2,5,8). The molecule has 0 fully saturated rings. The number of hydrogen-bond acceptors (Lipinski definition) is 3. The SMILES string of the molecule is NC(=O)N1C=COC=N1. The second-order valence-electron chi connectivity index (χ2n) is 1.32. The molecule has 2 N–H and O–H groups in total. The Kier molecular flexibility index (Phi) is 1.35. The number of amides is 2. The smallest absolute Gasteiger partial charge is 0.339 e. The summed E-state index contributed by atoms with van der Waals surface area (Å²) < 4.78 is 4.53. The van der Waals surface area contributed by atoms with Gasteiger partial charge in [-0.15, -0.1) is 5.10 Å². The number of hydrazone groups is 1. The van der Waals surface area contributed by atoms with Crippen molar-refractivity contribution >= 4 is 12.4 Å². The number of carbonyl (C=O) groups is 1. The molecule has 0 saturated carbocycles. The average molecular weight is 127 g/mol. The van der Waals surface area contributed by atoms with Gasteiger partial charge in [-0.3, -0.25) is 0 Å². The molecule has 0 atom stereocenters. The van der Waals surface area contributed by atoms with Crippen molar-refractivity contribution in [1.29, 1.82) is 0 Å². The van der Waals surface area contributed by atoms with Gasteiger partial charge in [-0.2, -0.15) is 5.01 Å². The van der Waals surface area contributed by atoms with Crippen LogP contribution < -0.4 is 5.73 Å². The molecule has 48 valence electrons. The molecule has 0 aromatic carbocycles. The summed E-state index contributed by atoms with van der Waals surface area (Å²) in [5.74, 6) is 0. The lowest BCUT2D eigenvalue weighted by Crippen LogP contribution is -2.27. The van der Waals surface area contributed by atoms with E-state index in [0.717, 1.165) is 11.4 Å². The highest BCUT2D eigenvalue weighted by Crippen LogP contribution is 1.94. The van der Waals surface area contributed by atoms with Crippen LogP contribution in [0.25, 0.3) is 0 Å². The predicted octanol–water partition coefficient (Wildman–Crippen LogP) is -0.188. The Morgan fingerprint density at radius 1 is 1.78 bits per heavy atom. The summed E-state index contributed by atoms with van der Waals surface area (Å²) in [5.41, 5.74) is 4.83. The van der Waals surface area contributed by atoms with E-state index in [1.165, 1.54) is 12.5 Å². The van der Waals surface area contributed by atoms with Gasteiger partial charge in [-0.25, -0.2) is 4.79 Å². The molecule has 1 aliphatic rings. The average Bonchev–Trinajstić information content (AvgIpc) is 1.90. The van der Waals surface area contributed by atoms with Gasteiger partial charge in [0, 0.05) is 0 Å². The molecular formula is C4H5N3O2. The third kappa shape index (κ3) is 1.18. The first-order valence-electron chi connectivity index (χ1n) is 2.24. The molecule has 9 heavy (non-hydrogen) atoms. The predicted molar refractivity (Wildman–Crippen MR) is 30.1 cm³/mol. The number of nitrogens with zero attached hydrogens (tertiary/aromatic N) is 2. The zero-order valence-corrected chi connectivity index (χ0v) is 4.52. The van der Waals surface area contributed by atoms with Crippen molar-refractivity contribution in [2.45, 2.75) is 0 Å². The Morgan fingerprint density at radius 3 is 2.89 bits per heavy atom. The van der Waals surface area contributed by atoms with E-state index < -0.39 is 6.03 Å². The van der Waals surface area contributed by atoms with Gasteiger partial charge in [0.05, 0.1) is 6.20 Å². The Bertz CT molecular complexity index is 163. The molecule has 0 unspecified atom stereocenters. The van der Waals surface area contributed by atoms with E-state index in [-0.39, 0.29) is 0 Å². The summed E-state index contributed by atoms with van der Waals surface area (Å²) in [6, 6.07) is -0.634. The molecular weight excluding hydrogens is 122 g/mol. The maximum Gasteiger partial charge on any atom is 0.339 e. The first-order valence-corrected chi connectivity index (χ1v) is 2.24. The van der Waals surface area contributed by atoms with Crippen molar-refractivity contribution in [3.05, 3.63) is 12.5 Å². The van der Waals surface area contributed by atoms with Crippen LogP contribution in [0.4, 0.5) is 4.79 Å². The highest BCUT2D eigenvalue weighted by Gasteiger charge is 2.03. The summed E-state index contributed by atoms with van der Waals surface area (Å²) in [6.07, 6.45) is 3.74. The van der Waals surface area contributed by atoms with E-state index in [1.54, 1.807) is 0 Å². The number of rotatable bonds is 0. The summed E-state index contributed by atoms with van der Waals surface area (Å²) in [7, 11) is 0. The Hall–Kier alpha value is -1.52. The number of nitrogens with two attached hydrogens (primary N) is 1. The summed E-state index contributed by atoms with van der Waals surface area (Å²) >= 11 is 0. The fraction of sp³-hybridized carbons (Fsp3) is 0. The second kappa shape index (κ2) is 2.17. The zero-order valence-electron chi connectivity index (χ0n) is 4.52. The fourth-order valence-corrected chi connectivity index (χ4v) is 0.375. The van der Waals surface area contributed by atoms with Crippen LogP contribution in [0.1, 0.15) is 0 Å². The first-order chi connectivity index (χ1) is 4.30. The summed E-state index contributed by atoms with van der Waals surface area (Å²) in [6.45, 7) is 0. The van der Waals surface area contributed by atoms with Gasteiger partial charge in [0.25, 0.3) is 0 Å². The summed E-state index contributed by atoms with van der Waals surface area (Å²) in [5, 5.41) is 4.42. The third-order valence-electron chi connectivity index (χ3n) is 0.739. The van der Waals surface area contributed by atoms with Crippen LogP contribution >= 0.6 is 0 Å². The quantitative estimate of drug-likeness (QED) is 0.490. The number of urea groups is 1. The number of ether oxygens (including phenoxy) is 1. The molecule has 5 heteroatoms. The van der Waals surface area contributed by atoms with Crippen molar-refractivity contribution in [3.8, 4) is 0 Å². The molecule has 0 aromatic rings. The Labute approximate surface area is 51.4 Å². The van der Waals surface area contributed by atoms with Crippen LogP contribution in [0.15, 0.2) is 17.6 Å². The molecule has 1 aliphatic heterocycles. The largest absolute Gasteiger partial charge is 0.450 e. The van der Waals surface area contributed by atoms with E-state index in [0.29, 0.717) is 0 Å². The lowest BCUT2D eigenvalue weighted by molar-refractivity contribution is 0.222. The Balaban J connectivity index is 2.60. The molecule has 0 aliphatic carbocycles.